The molecule has 18 heavy (non-hydrogen) atoms. The Morgan fingerprint density at radius 2 is 2.06 bits per heavy atom. The van der Waals surface area contributed by atoms with Gasteiger partial charge in [0.05, 0.1) is 5.02 Å². The predicted molar refractivity (Wildman–Crippen MR) is 74.3 cm³/mol. The topological polar surface area (TPSA) is 35.2 Å². The summed E-state index contributed by atoms with van der Waals surface area (Å²) in [5, 5.41) is 0.245. The van der Waals surface area contributed by atoms with E-state index in [0.717, 1.165) is 10.0 Å². The fourth-order valence-corrected chi connectivity index (χ4v) is 2.06. The third-order valence-electron chi connectivity index (χ3n) is 2.39. The highest BCUT2D eigenvalue weighted by molar-refractivity contribution is 9.10. The molecule has 2 N–H and O–H groups in total. The summed E-state index contributed by atoms with van der Waals surface area (Å²) in [6, 6.07) is 9.53. The molecule has 0 aliphatic rings. The average molecular weight is 331 g/mol. The van der Waals surface area contributed by atoms with Gasteiger partial charge in [-0.3, -0.25) is 0 Å². The smallest absolute Gasteiger partial charge is 0.138 e. The molecule has 0 saturated carbocycles. The van der Waals surface area contributed by atoms with Crippen molar-refractivity contribution in [2.75, 3.05) is 5.73 Å². The van der Waals surface area contributed by atoms with Gasteiger partial charge in [-0.15, -0.1) is 0 Å². The van der Waals surface area contributed by atoms with Crippen molar-refractivity contribution in [3.05, 3.63) is 57.3 Å². The van der Waals surface area contributed by atoms with Crippen LogP contribution >= 0.6 is 27.5 Å². The molecule has 94 valence electrons. The van der Waals surface area contributed by atoms with Crippen molar-refractivity contribution in [2.24, 2.45) is 0 Å². The lowest BCUT2D eigenvalue weighted by molar-refractivity contribution is 0.305. The summed E-state index contributed by atoms with van der Waals surface area (Å²) >= 11 is 9.25. The summed E-state index contributed by atoms with van der Waals surface area (Å²) in [4.78, 5) is 0. The first-order valence-corrected chi connectivity index (χ1v) is 6.35. The molecule has 0 fully saturated rings. The number of ether oxygens (including phenoxy) is 1. The highest BCUT2D eigenvalue weighted by Crippen LogP contribution is 2.28. The largest absolute Gasteiger partial charge is 0.487 e. The van der Waals surface area contributed by atoms with E-state index in [1.807, 2.05) is 12.1 Å². The van der Waals surface area contributed by atoms with Gasteiger partial charge >= 0.3 is 0 Å². The van der Waals surface area contributed by atoms with E-state index in [9.17, 15) is 4.39 Å². The van der Waals surface area contributed by atoms with Gasteiger partial charge in [0.2, 0.25) is 0 Å². The number of anilines is 1. The van der Waals surface area contributed by atoms with Crippen LogP contribution in [0.2, 0.25) is 5.02 Å². The number of hydrogen-bond donors (Lipinski definition) is 1. The summed E-state index contributed by atoms with van der Waals surface area (Å²) in [7, 11) is 0. The normalized spacial score (nSPS) is 10.4. The van der Waals surface area contributed by atoms with Gasteiger partial charge in [-0.2, -0.15) is 0 Å². The van der Waals surface area contributed by atoms with E-state index in [1.54, 1.807) is 6.07 Å². The Bertz CT molecular complexity index is 577. The van der Waals surface area contributed by atoms with E-state index in [2.05, 4.69) is 15.9 Å². The zero-order chi connectivity index (χ0) is 13.1. The van der Waals surface area contributed by atoms with Gasteiger partial charge in [-0.1, -0.05) is 23.7 Å². The Morgan fingerprint density at radius 1 is 1.28 bits per heavy atom. The van der Waals surface area contributed by atoms with Crippen molar-refractivity contribution in [2.45, 2.75) is 6.61 Å². The van der Waals surface area contributed by atoms with Gasteiger partial charge in [0.15, 0.2) is 0 Å². The first kappa shape index (κ1) is 13.2. The van der Waals surface area contributed by atoms with Crippen LogP contribution in [0.25, 0.3) is 0 Å². The van der Waals surface area contributed by atoms with Gasteiger partial charge in [0, 0.05) is 15.7 Å². The van der Waals surface area contributed by atoms with Crippen molar-refractivity contribution in [1.29, 1.82) is 0 Å². The van der Waals surface area contributed by atoms with Crippen LogP contribution in [0.15, 0.2) is 40.9 Å². The van der Waals surface area contributed by atoms with Crippen molar-refractivity contribution < 1.29 is 9.13 Å². The van der Waals surface area contributed by atoms with E-state index >= 15 is 0 Å². The second-order valence-corrected chi connectivity index (χ2v) is 4.88. The molecule has 0 heterocycles. The third kappa shape index (κ3) is 2.94. The average Bonchev–Trinajstić information content (AvgIpc) is 2.33. The minimum atomic E-state index is -0.391. The van der Waals surface area contributed by atoms with E-state index in [0.29, 0.717) is 18.0 Å². The van der Waals surface area contributed by atoms with E-state index < -0.39 is 5.82 Å². The second kappa shape index (κ2) is 5.59. The Morgan fingerprint density at radius 3 is 2.78 bits per heavy atom. The summed E-state index contributed by atoms with van der Waals surface area (Å²) in [5.74, 6) is 0.0462. The maximum atomic E-state index is 12.9. The summed E-state index contributed by atoms with van der Waals surface area (Å²) in [6.45, 7) is 0.303. The number of halogens is 3. The molecule has 5 heteroatoms. The van der Waals surface area contributed by atoms with Crippen LogP contribution in [0.5, 0.6) is 5.75 Å². The van der Waals surface area contributed by atoms with Crippen LogP contribution in [0, 0.1) is 5.82 Å². The van der Waals surface area contributed by atoms with Crippen LogP contribution in [0.4, 0.5) is 10.1 Å². The van der Waals surface area contributed by atoms with Gasteiger partial charge in [0.25, 0.3) is 0 Å². The van der Waals surface area contributed by atoms with E-state index in [4.69, 9.17) is 22.1 Å². The van der Waals surface area contributed by atoms with Crippen molar-refractivity contribution >= 4 is 33.2 Å². The lowest BCUT2D eigenvalue weighted by atomic mass is 10.2. The molecule has 0 amide bonds. The fourth-order valence-electron chi connectivity index (χ4n) is 1.46. The molecular weight excluding hydrogens is 321 g/mol. The maximum absolute atomic E-state index is 12.9. The number of benzene rings is 2. The van der Waals surface area contributed by atoms with Crippen LogP contribution in [-0.2, 0) is 6.61 Å². The fraction of sp³-hybridized carbons (Fsp3) is 0.0769. The zero-order valence-electron chi connectivity index (χ0n) is 9.29. The maximum Gasteiger partial charge on any atom is 0.138 e. The SMILES string of the molecule is Nc1cccc(COc2ccc(F)cc2Cl)c1Br. The van der Waals surface area contributed by atoms with E-state index in [1.165, 1.54) is 18.2 Å². The minimum absolute atomic E-state index is 0.245. The molecule has 2 rings (SSSR count). The third-order valence-corrected chi connectivity index (χ3v) is 3.65. The van der Waals surface area contributed by atoms with Gasteiger partial charge in [-0.25, -0.2) is 4.39 Å². The molecule has 0 aliphatic heterocycles. The molecule has 0 aromatic heterocycles. The molecule has 0 aliphatic carbocycles. The van der Waals surface area contributed by atoms with Gasteiger partial charge in [-0.05, 0) is 40.2 Å². The Labute approximate surface area is 118 Å². The minimum Gasteiger partial charge on any atom is -0.487 e. The standard InChI is InChI=1S/C13H10BrClFNO/c14-13-8(2-1-3-11(13)17)7-18-12-5-4-9(16)6-10(12)15/h1-6H,7,17H2. The number of nitrogen functional groups attached to an aromatic ring is 1. The second-order valence-electron chi connectivity index (χ2n) is 3.68. The molecule has 2 aromatic carbocycles. The first-order valence-electron chi connectivity index (χ1n) is 5.18. The van der Waals surface area contributed by atoms with E-state index in [-0.39, 0.29) is 5.02 Å². The quantitative estimate of drug-likeness (QED) is 0.846. The van der Waals surface area contributed by atoms with Crippen LogP contribution in [0.1, 0.15) is 5.56 Å². The zero-order valence-corrected chi connectivity index (χ0v) is 11.6. The van der Waals surface area contributed by atoms with Gasteiger partial charge < -0.3 is 10.5 Å². The lowest BCUT2D eigenvalue weighted by Gasteiger charge is -2.10. The summed E-state index contributed by atoms with van der Waals surface area (Å²) in [6.07, 6.45) is 0. The summed E-state index contributed by atoms with van der Waals surface area (Å²) in [5.41, 5.74) is 7.30. The Hall–Kier alpha value is -1.26. The number of hydrogen-bond acceptors (Lipinski definition) is 2. The highest BCUT2D eigenvalue weighted by atomic mass is 79.9. The van der Waals surface area contributed by atoms with Crippen LogP contribution < -0.4 is 10.5 Å². The molecule has 0 bridgehead atoms. The molecule has 0 atom stereocenters. The summed E-state index contributed by atoms with van der Waals surface area (Å²) < 4.78 is 19.2. The molecule has 0 spiro atoms. The molecule has 0 saturated heterocycles. The Balaban J connectivity index is 2.14. The lowest BCUT2D eigenvalue weighted by Crippen LogP contribution is -1.99. The molecule has 0 unspecified atom stereocenters. The van der Waals surface area contributed by atoms with Crippen LogP contribution in [0.3, 0.4) is 0 Å². The molecular formula is C13H10BrClFNO. The van der Waals surface area contributed by atoms with Crippen molar-refractivity contribution in [1.82, 2.24) is 0 Å². The Kier molecular flexibility index (Phi) is 4.09. The highest BCUT2D eigenvalue weighted by Gasteiger charge is 2.06. The number of rotatable bonds is 3. The van der Waals surface area contributed by atoms with Crippen molar-refractivity contribution in [3.63, 3.8) is 0 Å². The molecule has 0 radical (unpaired) electrons. The monoisotopic (exact) mass is 329 g/mol. The molecule has 2 nitrogen and oxygen atoms in total. The van der Waals surface area contributed by atoms with Crippen LogP contribution in [-0.4, -0.2) is 0 Å². The van der Waals surface area contributed by atoms with Gasteiger partial charge in [0.1, 0.15) is 18.2 Å². The molecule has 2 aromatic rings. The first-order chi connectivity index (χ1) is 8.58. The number of nitrogens with two attached hydrogens (primary N) is 1. The van der Waals surface area contributed by atoms with Crippen molar-refractivity contribution in [3.8, 4) is 5.75 Å². The predicted octanol–water partition coefficient (Wildman–Crippen LogP) is 4.40.